The van der Waals surface area contributed by atoms with Gasteiger partial charge in [0.15, 0.2) is 0 Å². The normalized spacial score (nSPS) is 39.3. The van der Waals surface area contributed by atoms with Crippen LogP contribution in [0.5, 0.6) is 0 Å². The number of fused-ring (bicyclic) bond motifs is 3. The zero-order chi connectivity index (χ0) is 7.52. The van der Waals surface area contributed by atoms with Crippen LogP contribution in [0.4, 0.5) is 0 Å². The highest BCUT2D eigenvalue weighted by Crippen LogP contribution is 2.25. The van der Waals surface area contributed by atoms with Crippen LogP contribution in [0.1, 0.15) is 44.9 Å². The minimum absolute atomic E-state index is 0.875. The molecule has 2 saturated heterocycles. The Hall–Kier alpha value is -0.0400. The van der Waals surface area contributed by atoms with Gasteiger partial charge in [-0.2, -0.15) is 0 Å². The largest absolute Gasteiger partial charge is 0.314 e. The maximum Gasteiger partial charge on any atom is 0.00671 e. The quantitative estimate of drug-likeness (QED) is 0.563. The van der Waals surface area contributed by atoms with Crippen molar-refractivity contribution >= 4 is 0 Å². The summed E-state index contributed by atoms with van der Waals surface area (Å²) < 4.78 is 0. The van der Waals surface area contributed by atoms with E-state index in [4.69, 9.17) is 0 Å². The molecule has 0 spiro atoms. The van der Waals surface area contributed by atoms with Crippen LogP contribution in [-0.4, -0.2) is 12.6 Å². The molecule has 1 N–H and O–H groups in total. The Morgan fingerprint density at radius 3 is 2.55 bits per heavy atom. The number of rotatable bonds is 0. The Bertz CT molecular complexity index is 104. The van der Waals surface area contributed by atoms with E-state index in [1.54, 1.807) is 0 Å². The van der Waals surface area contributed by atoms with Crippen LogP contribution in [0.2, 0.25) is 0 Å². The van der Waals surface area contributed by atoms with Crippen LogP contribution in [-0.2, 0) is 0 Å². The van der Waals surface area contributed by atoms with Crippen LogP contribution in [0, 0.1) is 5.92 Å². The molecule has 2 bridgehead atoms. The monoisotopic (exact) mass is 153 g/mol. The molecule has 2 fully saturated rings. The molecule has 2 rings (SSSR count). The second-order valence-electron chi connectivity index (χ2n) is 4.19. The zero-order valence-corrected chi connectivity index (χ0v) is 7.31. The van der Waals surface area contributed by atoms with Crippen molar-refractivity contribution in [1.29, 1.82) is 0 Å². The van der Waals surface area contributed by atoms with Gasteiger partial charge < -0.3 is 5.32 Å². The van der Waals surface area contributed by atoms with Gasteiger partial charge in [0.1, 0.15) is 0 Å². The van der Waals surface area contributed by atoms with E-state index in [9.17, 15) is 0 Å². The summed E-state index contributed by atoms with van der Waals surface area (Å²) in [4.78, 5) is 0. The molecular formula is C10H19N. The van der Waals surface area contributed by atoms with Crippen LogP contribution < -0.4 is 5.32 Å². The Labute approximate surface area is 69.6 Å². The molecule has 0 aromatic rings. The lowest BCUT2D eigenvalue weighted by Crippen LogP contribution is -2.32. The first-order chi connectivity index (χ1) is 5.45. The van der Waals surface area contributed by atoms with Crippen molar-refractivity contribution in [1.82, 2.24) is 5.32 Å². The van der Waals surface area contributed by atoms with Crippen molar-refractivity contribution in [2.45, 2.75) is 51.0 Å². The third-order valence-corrected chi connectivity index (χ3v) is 3.28. The lowest BCUT2D eigenvalue weighted by molar-refractivity contribution is 0.370. The molecular weight excluding hydrogens is 134 g/mol. The van der Waals surface area contributed by atoms with Gasteiger partial charge in [0.2, 0.25) is 0 Å². The lowest BCUT2D eigenvalue weighted by atomic mass is 9.97. The number of nitrogens with one attached hydrogen (secondary N) is 1. The van der Waals surface area contributed by atoms with Crippen molar-refractivity contribution in [2.75, 3.05) is 6.54 Å². The minimum Gasteiger partial charge on any atom is -0.314 e. The maximum atomic E-state index is 3.68. The van der Waals surface area contributed by atoms with E-state index in [0.29, 0.717) is 0 Å². The molecule has 0 aromatic carbocycles. The SMILES string of the molecule is C1CCC2CCCC(C1)CN2. The first kappa shape index (κ1) is 7.60. The van der Waals surface area contributed by atoms with Crippen LogP contribution in [0.3, 0.4) is 0 Å². The lowest BCUT2D eigenvalue weighted by Gasteiger charge is -2.21. The summed E-state index contributed by atoms with van der Waals surface area (Å²) in [6, 6.07) is 0.875. The van der Waals surface area contributed by atoms with Gasteiger partial charge in [-0.25, -0.2) is 0 Å². The highest BCUT2D eigenvalue weighted by molar-refractivity contribution is 4.78. The Morgan fingerprint density at radius 2 is 1.55 bits per heavy atom. The van der Waals surface area contributed by atoms with E-state index in [2.05, 4.69) is 5.32 Å². The van der Waals surface area contributed by atoms with Crippen molar-refractivity contribution in [3.8, 4) is 0 Å². The van der Waals surface area contributed by atoms with E-state index < -0.39 is 0 Å². The van der Waals surface area contributed by atoms with Gasteiger partial charge in [-0.05, 0) is 38.1 Å². The van der Waals surface area contributed by atoms with Gasteiger partial charge in [-0.1, -0.05) is 19.3 Å². The first-order valence-electron chi connectivity index (χ1n) is 5.18. The van der Waals surface area contributed by atoms with E-state index in [1.807, 2.05) is 0 Å². The van der Waals surface area contributed by atoms with Gasteiger partial charge in [-0.3, -0.25) is 0 Å². The standard InChI is InChI=1S/C10H19N/c1-2-6-10-7-3-5-9(4-1)8-11-10/h9-11H,1-8H2. The molecule has 0 radical (unpaired) electrons. The topological polar surface area (TPSA) is 12.0 Å². The fourth-order valence-electron chi connectivity index (χ4n) is 2.51. The highest BCUT2D eigenvalue weighted by atomic mass is 14.9. The molecule has 2 aliphatic heterocycles. The third kappa shape index (κ3) is 1.96. The molecule has 0 aliphatic carbocycles. The van der Waals surface area contributed by atoms with Gasteiger partial charge in [-0.15, -0.1) is 0 Å². The summed E-state index contributed by atoms with van der Waals surface area (Å²) >= 11 is 0. The van der Waals surface area contributed by atoms with Crippen LogP contribution in [0.25, 0.3) is 0 Å². The van der Waals surface area contributed by atoms with Gasteiger partial charge >= 0.3 is 0 Å². The van der Waals surface area contributed by atoms with E-state index in [0.717, 1.165) is 12.0 Å². The summed E-state index contributed by atoms with van der Waals surface area (Å²) in [6.45, 7) is 1.31. The van der Waals surface area contributed by atoms with Gasteiger partial charge in [0, 0.05) is 6.04 Å². The molecule has 64 valence electrons. The van der Waals surface area contributed by atoms with Crippen LogP contribution >= 0.6 is 0 Å². The molecule has 2 unspecified atom stereocenters. The summed E-state index contributed by atoms with van der Waals surface area (Å²) in [6.07, 6.45) is 10.3. The predicted molar refractivity (Wildman–Crippen MR) is 47.6 cm³/mol. The van der Waals surface area contributed by atoms with E-state index >= 15 is 0 Å². The average Bonchev–Trinajstić information content (AvgIpc) is 2.11. The Morgan fingerprint density at radius 1 is 0.818 bits per heavy atom. The van der Waals surface area contributed by atoms with Crippen molar-refractivity contribution in [2.24, 2.45) is 5.92 Å². The van der Waals surface area contributed by atoms with Crippen LogP contribution in [0.15, 0.2) is 0 Å². The van der Waals surface area contributed by atoms with E-state index in [1.165, 1.54) is 51.5 Å². The summed E-state index contributed by atoms with van der Waals surface area (Å²) in [5.41, 5.74) is 0. The maximum absolute atomic E-state index is 3.68. The molecule has 2 atom stereocenters. The predicted octanol–water partition coefficient (Wildman–Crippen LogP) is 2.32. The molecule has 0 aromatic heterocycles. The number of hydrogen-bond donors (Lipinski definition) is 1. The molecule has 2 aliphatic rings. The second kappa shape index (κ2) is 3.57. The average molecular weight is 153 g/mol. The zero-order valence-electron chi connectivity index (χ0n) is 7.31. The molecule has 11 heavy (non-hydrogen) atoms. The van der Waals surface area contributed by atoms with Crippen molar-refractivity contribution in [3.05, 3.63) is 0 Å². The molecule has 1 heteroatoms. The highest BCUT2D eigenvalue weighted by Gasteiger charge is 2.19. The fourth-order valence-corrected chi connectivity index (χ4v) is 2.51. The molecule has 2 heterocycles. The third-order valence-electron chi connectivity index (χ3n) is 3.28. The number of hydrogen-bond acceptors (Lipinski definition) is 1. The minimum atomic E-state index is 0.875. The van der Waals surface area contributed by atoms with Gasteiger partial charge in [0.25, 0.3) is 0 Å². The smallest absolute Gasteiger partial charge is 0.00671 e. The fraction of sp³-hybridized carbons (Fsp3) is 1.00. The van der Waals surface area contributed by atoms with Gasteiger partial charge in [0.05, 0.1) is 0 Å². The second-order valence-corrected chi connectivity index (χ2v) is 4.19. The van der Waals surface area contributed by atoms with Crippen molar-refractivity contribution < 1.29 is 0 Å². The molecule has 0 saturated carbocycles. The van der Waals surface area contributed by atoms with Crippen molar-refractivity contribution in [3.63, 3.8) is 0 Å². The summed E-state index contributed by atoms with van der Waals surface area (Å²) in [5, 5.41) is 3.68. The Kier molecular flexibility index (Phi) is 2.47. The summed E-state index contributed by atoms with van der Waals surface area (Å²) in [5.74, 6) is 1.01. The van der Waals surface area contributed by atoms with E-state index in [-0.39, 0.29) is 0 Å². The molecule has 0 amide bonds. The Balaban J connectivity index is 1.97. The first-order valence-corrected chi connectivity index (χ1v) is 5.18. The molecule has 1 nitrogen and oxygen atoms in total. The summed E-state index contributed by atoms with van der Waals surface area (Å²) in [7, 11) is 0.